The summed E-state index contributed by atoms with van der Waals surface area (Å²) in [4.78, 5) is 14.1. The molecule has 2 rings (SSSR count). The fourth-order valence-corrected chi connectivity index (χ4v) is 2.50. The highest BCUT2D eigenvalue weighted by Crippen LogP contribution is 2.19. The van der Waals surface area contributed by atoms with Crippen LogP contribution in [0.1, 0.15) is 24.8 Å². The number of methoxy groups -OCH3 is 1. The Morgan fingerprint density at radius 2 is 2.15 bits per heavy atom. The number of hydrogen-bond donors (Lipinski definition) is 1. The van der Waals surface area contributed by atoms with Gasteiger partial charge in [0.2, 0.25) is 5.91 Å². The number of nitrogens with one attached hydrogen (secondary N) is 1. The van der Waals surface area contributed by atoms with Crippen LogP contribution in [0.15, 0.2) is 24.3 Å². The van der Waals surface area contributed by atoms with E-state index in [-0.39, 0.29) is 24.4 Å². The lowest BCUT2D eigenvalue weighted by molar-refractivity contribution is -0.133. The Kier molecular flexibility index (Phi) is 6.82. The molecule has 0 aliphatic carbocycles. The number of likely N-dealkylation sites (N-methyl/N-ethyl adjacent to an activating group) is 1. The zero-order valence-corrected chi connectivity index (χ0v) is 12.9. The van der Waals surface area contributed by atoms with Crippen LogP contribution in [-0.4, -0.2) is 37.6 Å². The summed E-state index contributed by atoms with van der Waals surface area (Å²) >= 11 is 0. The quantitative estimate of drug-likeness (QED) is 0.927. The Morgan fingerprint density at radius 1 is 1.40 bits per heavy atom. The summed E-state index contributed by atoms with van der Waals surface area (Å²) in [6.07, 6.45) is 3.24. The molecular formula is C15H23ClN2O2. The van der Waals surface area contributed by atoms with Crippen LogP contribution in [0.3, 0.4) is 0 Å². The predicted molar refractivity (Wildman–Crippen MR) is 82.4 cm³/mol. The molecule has 1 saturated heterocycles. The summed E-state index contributed by atoms with van der Waals surface area (Å²) in [5.41, 5.74) is 1.04. The monoisotopic (exact) mass is 298 g/mol. The van der Waals surface area contributed by atoms with Crippen molar-refractivity contribution >= 4 is 18.3 Å². The highest BCUT2D eigenvalue weighted by atomic mass is 35.5. The molecule has 1 amide bonds. The number of carbonyl (C=O) groups excluding carboxylic acids is 1. The minimum atomic E-state index is -0.0199. The Morgan fingerprint density at radius 3 is 2.80 bits per heavy atom. The van der Waals surface area contributed by atoms with Gasteiger partial charge in [-0.2, -0.15) is 0 Å². The van der Waals surface area contributed by atoms with E-state index in [0.717, 1.165) is 30.7 Å². The molecule has 112 valence electrons. The van der Waals surface area contributed by atoms with Crippen molar-refractivity contribution in [2.75, 3.05) is 20.7 Å². The molecule has 0 bridgehead atoms. The minimum Gasteiger partial charge on any atom is -0.496 e. The van der Waals surface area contributed by atoms with Gasteiger partial charge in [-0.15, -0.1) is 12.4 Å². The smallest absolute Gasteiger partial charge is 0.239 e. The second kappa shape index (κ2) is 8.12. The second-order valence-corrected chi connectivity index (χ2v) is 5.01. The maximum absolute atomic E-state index is 12.3. The topological polar surface area (TPSA) is 41.6 Å². The summed E-state index contributed by atoms with van der Waals surface area (Å²) in [6, 6.07) is 7.80. The van der Waals surface area contributed by atoms with Crippen molar-refractivity contribution in [3.8, 4) is 5.75 Å². The van der Waals surface area contributed by atoms with Gasteiger partial charge >= 0.3 is 0 Å². The minimum absolute atomic E-state index is 0. The third-order valence-electron chi connectivity index (χ3n) is 3.58. The standard InChI is InChI=1S/C15H22N2O2.ClH/c1-17(15(18)13-8-5-6-10-16-13)11-12-7-3-4-9-14(12)19-2;/h3-4,7,9,13,16H,5-6,8,10-11H2,1-2H3;1H/t13-;/m1./s1. The molecule has 1 aliphatic heterocycles. The maximum atomic E-state index is 12.3. The molecule has 0 aromatic heterocycles. The molecule has 20 heavy (non-hydrogen) atoms. The van der Waals surface area contributed by atoms with E-state index in [1.54, 1.807) is 12.0 Å². The Bertz CT molecular complexity index is 434. The van der Waals surface area contributed by atoms with E-state index in [1.807, 2.05) is 31.3 Å². The maximum Gasteiger partial charge on any atom is 0.239 e. The largest absolute Gasteiger partial charge is 0.496 e. The second-order valence-electron chi connectivity index (χ2n) is 5.01. The summed E-state index contributed by atoms with van der Waals surface area (Å²) < 4.78 is 5.32. The van der Waals surface area contributed by atoms with Gasteiger partial charge in [0.15, 0.2) is 0 Å². The zero-order chi connectivity index (χ0) is 13.7. The molecule has 5 heteroatoms. The van der Waals surface area contributed by atoms with Crippen molar-refractivity contribution < 1.29 is 9.53 Å². The van der Waals surface area contributed by atoms with E-state index < -0.39 is 0 Å². The van der Waals surface area contributed by atoms with E-state index >= 15 is 0 Å². The lowest BCUT2D eigenvalue weighted by atomic mass is 10.0. The van der Waals surface area contributed by atoms with Gasteiger partial charge in [0.25, 0.3) is 0 Å². The van der Waals surface area contributed by atoms with Crippen LogP contribution >= 0.6 is 12.4 Å². The van der Waals surface area contributed by atoms with E-state index in [9.17, 15) is 4.79 Å². The van der Waals surface area contributed by atoms with Gasteiger partial charge in [-0.05, 0) is 25.5 Å². The number of amides is 1. The van der Waals surface area contributed by atoms with Crippen molar-refractivity contribution in [2.45, 2.75) is 31.8 Å². The van der Waals surface area contributed by atoms with Gasteiger partial charge in [0.1, 0.15) is 5.75 Å². The number of piperidine rings is 1. The Balaban J connectivity index is 0.00000200. The first-order valence-electron chi connectivity index (χ1n) is 6.82. The third-order valence-corrected chi connectivity index (χ3v) is 3.58. The fourth-order valence-electron chi connectivity index (χ4n) is 2.50. The number of halogens is 1. The van der Waals surface area contributed by atoms with Gasteiger partial charge in [-0.25, -0.2) is 0 Å². The lowest BCUT2D eigenvalue weighted by Gasteiger charge is -2.27. The van der Waals surface area contributed by atoms with E-state index in [4.69, 9.17) is 4.74 Å². The Labute approximate surface area is 126 Å². The molecule has 1 atom stereocenters. The molecule has 1 N–H and O–H groups in total. The third kappa shape index (κ3) is 4.12. The molecule has 0 saturated carbocycles. The van der Waals surface area contributed by atoms with E-state index in [2.05, 4.69) is 5.32 Å². The first-order chi connectivity index (χ1) is 9.22. The average Bonchev–Trinajstić information content (AvgIpc) is 2.48. The SMILES string of the molecule is COc1ccccc1CN(C)C(=O)[C@H]1CCCCN1.Cl. The number of nitrogens with zero attached hydrogens (tertiary/aromatic N) is 1. The summed E-state index contributed by atoms with van der Waals surface area (Å²) in [5.74, 6) is 1.00. The van der Waals surface area contributed by atoms with Crippen molar-refractivity contribution in [3.63, 3.8) is 0 Å². The van der Waals surface area contributed by atoms with Crippen molar-refractivity contribution in [1.82, 2.24) is 10.2 Å². The molecule has 4 nitrogen and oxygen atoms in total. The molecule has 1 aromatic rings. The first-order valence-corrected chi connectivity index (χ1v) is 6.82. The molecule has 0 spiro atoms. The van der Waals surface area contributed by atoms with Gasteiger partial charge in [0, 0.05) is 19.2 Å². The van der Waals surface area contributed by atoms with Crippen molar-refractivity contribution in [2.24, 2.45) is 0 Å². The lowest BCUT2D eigenvalue weighted by Crippen LogP contribution is -2.47. The van der Waals surface area contributed by atoms with Crippen LogP contribution in [-0.2, 0) is 11.3 Å². The number of benzene rings is 1. The summed E-state index contributed by atoms with van der Waals surface area (Å²) in [7, 11) is 3.51. The molecule has 1 aliphatic rings. The van der Waals surface area contributed by atoms with Crippen LogP contribution in [0.2, 0.25) is 0 Å². The average molecular weight is 299 g/mol. The first kappa shape index (κ1) is 16.8. The number of hydrogen-bond acceptors (Lipinski definition) is 3. The summed E-state index contributed by atoms with van der Waals surface area (Å²) in [6.45, 7) is 1.53. The van der Waals surface area contributed by atoms with E-state index in [1.165, 1.54) is 6.42 Å². The molecule has 0 radical (unpaired) electrons. The van der Waals surface area contributed by atoms with Crippen LogP contribution in [0.4, 0.5) is 0 Å². The van der Waals surface area contributed by atoms with Crippen LogP contribution in [0.25, 0.3) is 0 Å². The number of para-hydroxylation sites is 1. The molecular weight excluding hydrogens is 276 g/mol. The van der Waals surface area contributed by atoms with Crippen LogP contribution < -0.4 is 10.1 Å². The number of rotatable bonds is 4. The van der Waals surface area contributed by atoms with Gasteiger partial charge in [-0.3, -0.25) is 4.79 Å². The van der Waals surface area contributed by atoms with Crippen molar-refractivity contribution in [1.29, 1.82) is 0 Å². The molecule has 1 aromatic carbocycles. The predicted octanol–water partition coefficient (Wildman–Crippen LogP) is 2.22. The van der Waals surface area contributed by atoms with Gasteiger partial charge < -0.3 is 15.0 Å². The molecule has 0 unspecified atom stereocenters. The van der Waals surface area contributed by atoms with E-state index in [0.29, 0.717) is 6.54 Å². The van der Waals surface area contributed by atoms with Crippen LogP contribution in [0.5, 0.6) is 5.75 Å². The van der Waals surface area contributed by atoms with Crippen molar-refractivity contribution in [3.05, 3.63) is 29.8 Å². The zero-order valence-electron chi connectivity index (χ0n) is 12.1. The molecule has 1 heterocycles. The normalized spacial score (nSPS) is 18.0. The van der Waals surface area contributed by atoms with Crippen LogP contribution in [0, 0.1) is 0 Å². The number of ether oxygens (including phenoxy) is 1. The summed E-state index contributed by atoms with van der Waals surface area (Å²) in [5, 5.41) is 3.29. The highest BCUT2D eigenvalue weighted by Gasteiger charge is 2.23. The van der Waals surface area contributed by atoms with Gasteiger partial charge in [0.05, 0.1) is 13.2 Å². The van der Waals surface area contributed by atoms with Gasteiger partial charge in [-0.1, -0.05) is 24.6 Å². The number of carbonyl (C=O) groups is 1. The Hall–Kier alpha value is -1.26. The fraction of sp³-hybridized carbons (Fsp3) is 0.533. The molecule has 1 fully saturated rings. The highest BCUT2D eigenvalue weighted by molar-refractivity contribution is 5.85.